The van der Waals surface area contributed by atoms with E-state index in [0.717, 1.165) is 58.6 Å². The third kappa shape index (κ3) is 4.96. The molecule has 4 rings (SSSR count). The van der Waals surface area contributed by atoms with Gasteiger partial charge < -0.3 is 21.0 Å². The van der Waals surface area contributed by atoms with Crippen LogP contribution in [-0.4, -0.2) is 39.1 Å². The number of hydrogen-bond donors (Lipinski definition) is 3. The SMILES string of the molecule is Cc1c(SN2CCCC(/C(C=N)=C/N)C2)cc(C(=O)NCc2cccc3ncccc23)n1C. The largest absolute Gasteiger partial charge is 0.404 e. The first-order valence-corrected chi connectivity index (χ1v) is 11.9. The Morgan fingerprint density at radius 2 is 2.21 bits per heavy atom. The van der Waals surface area contributed by atoms with Gasteiger partial charge in [0.1, 0.15) is 5.69 Å². The van der Waals surface area contributed by atoms with E-state index in [2.05, 4.69) is 14.6 Å². The van der Waals surface area contributed by atoms with Crippen LogP contribution in [0.25, 0.3) is 10.9 Å². The van der Waals surface area contributed by atoms with Gasteiger partial charge in [-0.05, 0) is 67.2 Å². The minimum Gasteiger partial charge on any atom is -0.404 e. The summed E-state index contributed by atoms with van der Waals surface area (Å²) in [4.78, 5) is 18.5. The van der Waals surface area contributed by atoms with E-state index in [0.29, 0.717) is 12.2 Å². The van der Waals surface area contributed by atoms with Crippen LogP contribution < -0.4 is 11.1 Å². The van der Waals surface area contributed by atoms with Gasteiger partial charge in [0, 0.05) is 61.0 Å². The van der Waals surface area contributed by atoms with E-state index in [1.54, 1.807) is 24.3 Å². The number of hydrogen-bond acceptors (Lipinski definition) is 6. The number of piperidine rings is 1. The van der Waals surface area contributed by atoms with Gasteiger partial charge in [-0.3, -0.25) is 9.78 Å². The molecule has 0 saturated carbocycles. The van der Waals surface area contributed by atoms with Crippen LogP contribution in [0.2, 0.25) is 0 Å². The van der Waals surface area contributed by atoms with Gasteiger partial charge in [0.2, 0.25) is 0 Å². The number of benzene rings is 1. The molecule has 1 atom stereocenters. The number of carbonyl (C=O) groups is 1. The van der Waals surface area contributed by atoms with Crippen LogP contribution in [-0.2, 0) is 13.6 Å². The predicted molar refractivity (Wildman–Crippen MR) is 134 cm³/mol. The molecule has 1 unspecified atom stereocenters. The minimum absolute atomic E-state index is 0.0954. The highest BCUT2D eigenvalue weighted by Gasteiger charge is 2.25. The Hall–Kier alpha value is -3.10. The Morgan fingerprint density at radius 3 is 3.00 bits per heavy atom. The maximum Gasteiger partial charge on any atom is 0.268 e. The standard InChI is InChI=1S/C25H30N6OS/c1-17-24(33-31-11-5-7-19(16-31)20(13-26)14-27)12-23(30(17)2)25(32)29-15-18-6-3-9-22-21(18)8-4-10-28-22/h3-4,6,8-10,12-14,19,26H,5,7,11,15-16,27H2,1-2H3,(H,29,32)/b20-14+,26-13?. The predicted octanol–water partition coefficient (Wildman–Crippen LogP) is 4.02. The molecule has 1 aliphatic heterocycles. The molecule has 0 aliphatic carbocycles. The number of nitrogens with zero attached hydrogens (tertiary/aromatic N) is 3. The van der Waals surface area contributed by atoms with Crippen molar-refractivity contribution in [2.24, 2.45) is 18.7 Å². The van der Waals surface area contributed by atoms with Crippen LogP contribution in [0.1, 0.15) is 34.6 Å². The molecule has 1 aromatic carbocycles. The van der Waals surface area contributed by atoms with E-state index in [-0.39, 0.29) is 11.8 Å². The lowest BCUT2D eigenvalue weighted by atomic mass is 9.92. The third-order valence-electron chi connectivity index (χ3n) is 6.34. The smallest absolute Gasteiger partial charge is 0.268 e. The monoisotopic (exact) mass is 462 g/mol. The third-order valence-corrected chi connectivity index (χ3v) is 7.54. The molecule has 1 aliphatic rings. The second-order valence-corrected chi connectivity index (χ2v) is 9.48. The fraction of sp³-hybridized carbons (Fsp3) is 0.320. The van der Waals surface area contributed by atoms with Gasteiger partial charge in [0.05, 0.1) is 5.52 Å². The van der Waals surface area contributed by atoms with Crippen molar-refractivity contribution in [3.63, 3.8) is 0 Å². The summed E-state index contributed by atoms with van der Waals surface area (Å²) in [5.74, 6) is 0.178. The first kappa shape index (κ1) is 23.1. The highest BCUT2D eigenvalue weighted by atomic mass is 32.2. The maximum absolute atomic E-state index is 13.0. The van der Waals surface area contributed by atoms with Crippen molar-refractivity contribution in [2.75, 3.05) is 13.1 Å². The first-order chi connectivity index (χ1) is 16.0. The minimum atomic E-state index is -0.0954. The van der Waals surface area contributed by atoms with Gasteiger partial charge in [-0.1, -0.05) is 18.2 Å². The van der Waals surface area contributed by atoms with Crippen molar-refractivity contribution in [3.05, 3.63) is 71.3 Å². The first-order valence-electron chi connectivity index (χ1n) is 11.1. The van der Waals surface area contributed by atoms with E-state index in [1.807, 2.05) is 54.9 Å². The normalized spacial score (nSPS) is 17.3. The van der Waals surface area contributed by atoms with Crippen molar-refractivity contribution in [1.82, 2.24) is 19.2 Å². The van der Waals surface area contributed by atoms with Crippen LogP contribution in [0, 0.1) is 18.3 Å². The van der Waals surface area contributed by atoms with E-state index < -0.39 is 0 Å². The summed E-state index contributed by atoms with van der Waals surface area (Å²) in [5, 5.41) is 11.7. The summed E-state index contributed by atoms with van der Waals surface area (Å²) in [6.07, 6.45) is 6.79. The average molecular weight is 463 g/mol. The van der Waals surface area contributed by atoms with Crippen LogP contribution in [0.15, 0.2) is 59.3 Å². The van der Waals surface area contributed by atoms with Gasteiger partial charge in [0.15, 0.2) is 0 Å². The zero-order valence-corrected chi connectivity index (χ0v) is 19.9. The topological polar surface area (TPSA) is 100 Å². The Balaban J connectivity index is 1.45. The lowest BCUT2D eigenvalue weighted by Gasteiger charge is -2.31. The number of fused-ring (bicyclic) bond motifs is 1. The molecule has 0 radical (unpaired) electrons. The summed E-state index contributed by atoms with van der Waals surface area (Å²) in [6, 6.07) is 11.9. The summed E-state index contributed by atoms with van der Waals surface area (Å²) in [5.41, 5.74) is 10.3. The van der Waals surface area contributed by atoms with Crippen molar-refractivity contribution < 1.29 is 4.79 Å². The molecule has 8 heteroatoms. The molecule has 4 N–H and O–H groups in total. The quantitative estimate of drug-likeness (QED) is 0.364. The summed E-state index contributed by atoms with van der Waals surface area (Å²) < 4.78 is 4.26. The van der Waals surface area contributed by atoms with E-state index in [4.69, 9.17) is 11.1 Å². The second-order valence-electron chi connectivity index (χ2n) is 8.34. The molecule has 3 aromatic rings. The van der Waals surface area contributed by atoms with Gasteiger partial charge in [-0.25, -0.2) is 4.31 Å². The Morgan fingerprint density at radius 1 is 1.36 bits per heavy atom. The Bertz CT molecular complexity index is 1200. The molecule has 1 amide bonds. The molecular formula is C25H30N6OS. The molecule has 33 heavy (non-hydrogen) atoms. The molecule has 172 valence electrons. The van der Waals surface area contributed by atoms with E-state index in [1.165, 1.54) is 6.21 Å². The number of nitrogens with two attached hydrogens (primary N) is 1. The van der Waals surface area contributed by atoms with Crippen LogP contribution in [0.3, 0.4) is 0 Å². The van der Waals surface area contributed by atoms with Crippen molar-refractivity contribution in [3.8, 4) is 0 Å². The Kier molecular flexibility index (Phi) is 7.15. The van der Waals surface area contributed by atoms with Gasteiger partial charge in [-0.15, -0.1) is 0 Å². The number of amides is 1. The summed E-state index contributed by atoms with van der Waals surface area (Å²) in [6.45, 7) is 4.30. The summed E-state index contributed by atoms with van der Waals surface area (Å²) in [7, 11) is 1.93. The van der Waals surface area contributed by atoms with E-state index in [9.17, 15) is 4.79 Å². The van der Waals surface area contributed by atoms with Crippen LogP contribution in [0.5, 0.6) is 0 Å². The number of aromatic nitrogens is 2. The molecular weight excluding hydrogens is 432 g/mol. The van der Waals surface area contributed by atoms with Gasteiger partial charge >= 0.3 is 0 Å². The van der Waals surface area contributed by atoms with E-state index >= 15 is 0 Å². The van der Waals surface area contributed by atoms with Gasteiger partial charge in [-0.2, -0.15) is 0 Å². The zero-order valence-electron chi connectivity index (χ0n) is 19.0. The fourth-order valence-electron chi connectivity index (χ4n) is 4.31. The van der Waals surface area contributed by atoms with Crippen molar-refractivity contribution >= 4 is 35.0 Å². The molecule has 3 heterocycles. The number of rotatable bonds is 7. The maximum atomic E-state index is 13.0. The molecule has 7 nitrogen and oxygen atoms in total. The Labute approximate surface area is 198 Å². The molecule has 2 aromatic heterocycles. The second kappa shape index (κ2) is 10.2. The molecule has 1 fully saturated rings. The van der Waals surface area contributed by atoms with Crippen LogP contribution >= 0.6 is 11.9 Å². The average Bonchev–Trinajstić information content (AvgIpc) is 3.12. The van der Waals surface area contributed by atoms with Gasteiger partial charge in [0.25, 0.3) is 5.91 Å². The van der Waals surface area contributed by atoms with Crippen molar-refractivity contribution in [1.29, 1.82) is 5.41 Å². The zero-order chi connectivity index (χ0) is 23.4. The number of carbonyl (C=O) groups excluding carboxylic acids is 1. The van der Waals surface area contributed by atoms with Crippen molar-refractivity contribution in [2.45, 2.75) is 31.2 Å². The lowest BCUT2D eigenvalue weighted by Crippen LogP contribution is -2.31. The highest BCUT2D eigenvalue weighted by Crippen LogP contribution is 2.33. The number of pyridine rings is 1. The summed E-state index contributed by atoms with van der Waals surface area (Å²) >= 11 is 1.68. The lowest BCUT2D eigenvalue weighted by molar-refractivity contribution is 0.0942. The molecule has 1 saturated heterocycles. The number of nitrogens with one attached hydrogen (secondary N) is 2. The molecule has 0 spiro atoms. The highest BCUT2D eigenvalue weighted by molar-refractivity contribution is 7.97. The fourth-order valence-corrected chi connectivity index (χ4v) is 5.49. The molecule has 0 bridgehead atoms. The van der Waals surface area contributed by atoms with Crippen LogP contribution in [0.4, 0.5) is 0 Å².